The van der Waals surface area contributed by atoms with Gasteiger partial charge < -0.3 is 14.6 Å². The summed E-state index contributed by atoms with van der Waals surface area (Å²) >= 11 is 0. The van der Waals surface area contributed by atoms with E-state index < -0.39 is 12.1 Å². The first-order valence-corrected chi connectivity index (χ1v) is 4.54. The summed E-state index contributed by atoms with van der Waals surface area (Å²) in [4.78, 5) is 10.5. The van der Waals surface area contributed by atoms with Gasteiger partial charge in [-0.3, -0.25) is 4.79 Å². The van der Waals surface area contributed by atoms with Crippen LogP contribution < -0.4 is 9.47 Å². The number of carbonyl (C=O) groups excluding carboxylic acids is 1. The summed E-state index contributed by atoms with van der Waals surface area (Å²) in [6, 6.07) is 3.16. The molecular weight excluding hydrogens is 241 g/mol. The lowest BCUT2D eigenvalue weighted by Gasteiger charge is -2.11. The van der Waals surface area contributed by atoms with Crippen LogP contribution in [0.25, 0.3) is 0 Å². The Morgan fingerprint density at radius 2 is 1.88 bits per heavy atom. The lowest BCUT2D eigenvalue weighted by Crippen LogP contribution is -2.17. The van der Waals surface area contributed by atoms with Crippen molar-refractivity contribution in [1.82, 2.24) is 0 Å². The van der Waals surface area contributed by atoms with Crippen LogP contribution in [0.2, 0.25) is 0 Å². The van der Waals surface area contributed by atoms with Crippen LogP contribution in [0.15, 0.2) is 18.2 Å². The van der Waals surface area contributed by atoms with Crippen LogP contribution in [0.3, 0.4) is 0 Å². The molecule has 0 aliphatic heterocycles. The highest BCUT2D eigenvalue weighted by Crippen LogP contribution is 2.27. The zero-order chi connectivity index (χ0) is 12.9. The maximum absolute atomic E-state index is 12.0. The molecule has 0 unspecified atom stereocenters. The van der Waals surface area contributed by atoms with E-state index in [4.69, 9.17) is 9.84 Å². The molecule has 0 saturated carbocycles. The second kappa shape index (κ2) is 5.53. The molecule has 0 radical (unpaired) electrons. The van der Waals surface area contributed by atoms with Crippen molar-refractivity contribution in [2.45, 2.75) is 6.36 Å². The molecule has 0 saturated heterocycles. The van der Waals surface area contributed by atoms with Crippen molar-refractivity contribution in [3.05, 3.63) is 23.8 Å². The first kappa shape index (κ1) is 13.3. The van der Waals surface area contributed by atoms with Crippen LogP contribution in [0, 0.1) is 0 Å². The summed E-state index contributed by atoms with van der Waals surface area (Å²) in [5, 5.41) is 8.50. The van der Waals surface area contributed by atoms with Crippen LogP contribution in [0.5, 0.6) is 11.5 Å². The Morgan fingerprint density at radius 3 is 2.41 bits per heavy atom. The van der Waals surface area contributed by atoms with E-state index in [9.17, 15) is 18.0 Å². The maximum atomic E-state index is 12.0. The van der Waals surface area contributed by atoms with Crippen LogP contribution in [0.1, 0.15) is 10.4 Å². The van der Waals surface area contributed by atoms with Crippen LogP contribution >= 0.6 is 0 Å². The Labute approximate surface area is 94.6 Å². The van der Waals surface area contributed by atoms with Crippen molar-refractivity contribution in [2.24, 2.45) is 0 Å². The number of halogens is 3. The highest BCUT2D eigenvalue weighted by atomic mass is 19.4. The van der Waals surface area contributed by atoms with Crippen molar-refractivity contribution in [2.75, 3.05) is 13.2 Å². The first-order chi connectivity index (χ1) is 7.94. The van der Waals surface area contributed by atoms with Gasteiger partial charge in [-0.25, -0.2) is 0 Å². The summed E-state index contributed by atoms with van der Waals surface area (Å²) in [6.07, 6.45) is -4.47. The van der Waals surface area contributed by atoms with Gasteiger partial charge >= 0.3 is 6.36 Å². The Morgan fingerprint density at radius 1 is 1.24 bits per heavy atom. The molecule has 17 heavy (non-hydrogen) atoms. The second-order valence-electron chi connectivity index (χ2n) is 2.98. The molecular formula is C10H9F3O4. The predicted molar refractivity (Wildman–Crippen MR) is 51.1 cm³/mol. The zero-order valence-electron chi connectivity index (χ0n) is 8.53. The Bertz CT molecular complexity index is 390. The van der Waals surface area contributed by atoms with Crippen molar-refractivity contribution < 1.29 is 32.5 Å². The quantitative estimate of drug-likeness (QED) is 0.809. The van der Waals surface area contributed by atoms with E-state index in [0.717, 1.165) is 12.1 Å². The summed E-state index contributed by atoms with van der Waals surface area (Å²) in [6.45, 7) is -0.380. The number of benzene rings is 1. The lowest BCUT2D eigenvalue weighted by atomic mass is 10.2. The number of carbonyl (C=O) groups is 1. The molecule has 1 aromatic carbocycles. The number of aliphatic hydroxyl groups excluding tert-OH is 1. The summed E-state index contributed by atoms with van der Waals surface area (Å²) in [7, 11) is 0. The number of alkyl halides is 3. The predicted octanol–water partition coefficient (Wildman–Crippen LogP) is 1.77. The van der Waals surface area contributed by atoms with Gasteiger partial charge in [-0.05, 0) is 12.1 Å². The van der Waals surface area contributed by atoms with Crippen molar-refractivity contribution in [1.29, 1.82) is 0 Å². The second-order valence-corrected chi connectivity index (χ2v) is 2.98. The highest BCUT2D eigenvalue weighted by Gasteiger charge is 2.31. The van der Waals surface area contributed by atoms with E-state index in [2.05, 4.69) is 4.74 Å². The first-order valence-electron chi connectivity index (χ1n) is 4.54. The molecule has 1 aromatic rings. The van der Waals surface area contributed by atoms with Crippen LogP contribution in [-0.4, -0.2) is 31.0 Å². The monoisotopic (exact) mass is 250 g/mol. The number of hydrogen-bond donors (Lipinski definition) is 1. The molecule has 0 aromatic heterocycles. The van der Waals surface area contributed by atoms with E-state index in [1.165, 1.54) is 6.07 Å². The average molecular weight is 250 g/mol. The van der Waals surface area contributed by atoms with Crippen LogP contribution in [0.4, 0.5) is 13.2 Å². The van der Waals surface area contributed by atoms with Gasteiger partial charge in [0, 0.05) is 11.6 Å². The molecule has 0 spiro atoms. The topological polar surface area (TPSA) is 55.8 Å². The summed E-state index contributed by atoms with van der Waals surface area (Å²) in [5.41, 5.74) is -0.0142. The molecule has 0 fully saturated rings. The van der Waals surface area contributed by atoms with Gasteiger partial charge in [0.05, 0.1) is 6.61 Å². The molecule has 0 bridgehead atoms. The Balaban J connectivity index is 2.92. The normalized spacial score (nSPS) is 11.1. The number of aliphatic hydroxyl groups is 1. The molecule has 7 heteroatoms. The Kier molecular flexibility index (Phi) is 4.33. The summed E-state index contributed by atoms with van der Waals surface area (Å²) in [5.74, 6) is -0.530. The molecule has 1 N–H and O–H groups in total. The molecule has 1 rings (SSSR count). The average Bonchev–Trinajstić information content (AvgIpc) is 2.23. The van der Waals surface area contributed by atoms with Crippen molar-refractivity contribution in [3.63, 3.8) is 0 Å². The molecule has 0 atom stereocenters. The minimum Gasteiger partial charge on any atom is -0.491 e. The largest absolute Gasteiger partial charge is 0.573 e. The SMILES string of the molecule is O=Cc1cc(OCCO)cc(OC(F)(F)F)c1. The summed E-state index contributed by atoms with van der Waals surface area (Å²) < 4.78 is 44.5. The molecule has 4 nitrogen and oxygen atoms in total. The van der Waals surface area contributed by atoms with Gasteiger partial charge in [0.1, 0.15) is 24.4 Å². The third-order valence-electron chi connectivity index (χ3n) is 1.63. The zero-order valence-corrected chi connectivity index (χ0v) is 8.53. The number of ether oxygens (including phenoxy) is 2. The molecule has 0 amide bonds. The van der Waals surface area contributed by atoms with E-state index in [-0.39, 0.29) is 24.5 Å². The van der Waals surface area contributed by atoms with E-state index >= 15 is 0 Å². The third-order valence-corrected chi connectivity index (χ3v) is 1.63. The third kappa shape index (κ3) is 4.73. The fraction of sp³-hybridized carbons (Fsp3) is 0.300. The standard InChI is InChI=1S/C10H9F3O4/c11-10(12,13)17-9-4-7(6-15)3-8(5-9)16-2-1-14/h3-6,14H,1-2H2. The minimum absolute atomic E-state index is 0.0142. The lowest BCUT2D eigenvalue weighted by molar-refractivity contribution is -0.274. The van der Waals surface area contributed by atoms with Crippen LogP contribution in [-0.2, 0) is 0 Å². The molecule has 94 valence electrons. The van der Waals surface area contributed by atoms with E-state index in [1.54, 1.807) is 0 Å². The van der Waals surface area contributed by atoms with Crippen molar-refractivity contribution >= 4 is 6.29 Å². The van der Waals surface area contributed by atoms with Gasteiger partial charge in [0.25, 0.3) is 0 Å². The van der Waals surface area contributed by atoms with E-state index in [0.29, 0.717) is 6.29 Å². The van der Waals surface area contributed by atoms with Gasteiger partial charge in [-0.15, -0.1) is 13.2 Å². The van der Waals surface area contributed by atoms with Gasteiger partial charge in [0.2, 0.25) is 0 Å². The smallest absolute Gasteiger partial charge is 0.491 e. The number of hydrogen-bond acceptors (Lipinski definition) is 4. The maximum Gasteiger partial charge on any atom is 0.573 e. The fourth-order valence-corrected chi connectivity index (χ4v) is 1.10. The van der Waals surface area contributed by atoms with Crippen molar-refractivity contribution in [3.8, 4) is 11.5 Å². The Hall–Kier alpha value is -1.76. The molecule has 0 aliphatic carbocycles. The number of aldehydes is 1. The molecule has 0 aliphatic rings. The van der Waals surface area contributed by atoms with E-state index in [1.807, 2.05) is 0 Å². The van der Waals surface area contributed by atoms with Gasteiger partial charge in [0.15, 0.2) is 0 Å². The van der Waals surface area contributed by atoms with Gasteiger partial charge in [-0.1, -0.05) is 0 Å². The molecule has 0 heterocycles. The number of rotatable bonds is 5. The highest BCUT2D eigenvalue weighted by molar-refractivity contribution is 5.76. The minimum atomic E-state index is -4.84. The fourth-order valence-electron chi connectivity index (χ4n) is 1.10. The van der Waals surface area contributed by atoms with Gasteiger partial charge in [-0.2, -0.15) is 0 Å².